The van der Waals surface area contributed by atoms with Gasteiger partial charge in [-0.1, -0.05) is 20.3 Å². The number of hydrogen-bond donors (Lipinski definition) is 1. The minimum absolute atomic E-state index is 0.570. The first-order chi connectivity index (χ1) is 8.13. The van der Waals surface area contributed by atoms with Gasteiger partial charge in [0.25, 0.3) is 0 Å². The molecule has 1 aliphatic rings. The standard InChI is InChI=1S/C12H18N4S/c1-4-5-8-10-11(15(3)14-8)16(12(17)13-10)9-6-7(9)2/h7,9H,4-6H2,1-3H3,(H,13,17). The third kappa shape index (κ3) is 1.56. The Morgan fingerprint density at radius 3 is 2.82 bits per heavy atom. The highest BCUT2D eigenvalue weighted by atomic mass is 32.1. The molecule has 1 aliphatic carbocycles. The van der Waals surface area contributed by atoms with Gasteiger partial charge in [0.05, 0.1) is 5.69 Å². The maximum Gasteiger partial charge on any atom is 0.179 e. The second-order valence-corrected chi connectivity index (χ2v) is 5.49. The molecule has 2 unspecified atom stereocenters. The number of imidazole rings is 1. The number of aromatic amines is 1. The fourth-order valence-electron chi connectivity index (χ4n) is 2.62. The van der Waals surface area contributed by atoms with Crippen molar-refractivity contribution in [3.63, 3.8) is 0 Å². The van der Waals surface area contributed by atoms with Crippen LogP contribution in [-0.4, -0.2) is 19.3 Å². The summed E-state index contributed by atoms with van der Waals surface area (Å²) in [7, 11) is 2.01. The third-order valence-corrected chi connectivity index (χ3v) is 3.95. The molecule has 3 rings (SSSR count). The average Bonchev–Trinajstić information content (AvgIpc) is 2.75. The predicted octanol–water partition coefficient (Wildman–Crippen LogP) is 2.97. The molecule has 4 nitrogen and oxygen atoms in total. The topological polar surface area (TPSA) is 38.5 Å². The molecule has 1 N–H and O–H groups in total. The molecule has 1 fully saturated rings. The normalized spacial score (nSPS) is 23.5. The highest BCUT2D eigenvalue weighted by molar-refractivity contribution is 7.71. The van der Waals surface area contributed by atoms with Crippen LogP contribution in [0.5, 0.6) is 0 Å². The van der Waals surface area contributed by atoms with E-state index in [2.05, 4.69) is 28.5 Å². The van der Waals surface area contributed by atoms with Gasteiger partial charge in [0.1, 0.15) is 5.52 Å². The van der Waals surface area contributed by atoms with Crippen molar-refractivity contribution in [1.82, 2.24) is 19.3 Å². The van der Waals surface area contributed by atoms with Gasteiger partial charge in [-0.2, -0.15) is 5.10 Å². The first-order valence-corrected chi connectivity index (χ1v) is 6.70. The van der Waals surface area contributed by atoms with Gasteiger partial charge in [0.2, 0.25) is 0 Å². The first kappa shape index (κ1) is 11.0. The van der Waals surface area contributed by atoms with Crippen LogP contribution < -0.4 is 0 Å². The molecule has 2 aromatic rings. The van der Waals surface area contributed by atoms with Crippen molar-refractivity contribution in [3.8, 4) is 0 Å². The van der Waals surface area contributed by atoms with Gasteiger partial charge in [-0.05, 0) is 31.0 Å². The summed E-state index contributed by atoms with van der Waals surface area (Å²) in [6, 6.07) is 0.570. The Balaban J connectivity index is 2.22. The summed E-state index contributed by atoms with van der Waals surface area (Å²) in [5, 5.41) is 4.59. The number of aryl methyl sites for hydroxylation is 2. The lowest BCUT2D eigenvalue weighted by Crippen LogP contribution is -2.02. The van der Waals surface area contributed by atoms with Gasteiger partial charge in [-0.25, -0.2) is 0 Å². The predicted molar refractivity (Wildman–Crippen MR) is 70.7 cm³/mol. The van der Waals surface area contributed by atoms with Crippen molar-refractivity contribution in [2.45, 2.75) is 39.2 Å². The molecule has 0 saturated heterocycles. The van der Waals surface area contributed by atoms with Crippen LogP contribution in [0.3, 0.4) is 0 Å². The Bertz CT molecular complexity index is 618. The monoisotopic (exact) mass is 250 g/mol. The number of fused-ring (bicyclic) bond motifs is 1. The molecular weight excluding hydrogens is 232 g/mol. The van der Waals surface area contributed by atoms with Crippen LogP contribution in [0, 0.1) is 10.7 Å². The van der Waals surface area contributed by atoms with Crippen molar-refractivity contribution >= 4 is 23.4 Å². The Morgan fingerprint density at radius 2 is 2.24 bits per heavy atom. The van der Waals surface area contributed by atoms with E-state index in [4.69, 9.17) is 12.2 Å². The SMILES string of the molecule is CCCc1nn(C)c2c1[nH]c(=S)n2C1CC1C. The van der Waals surface area contributed by atoms with Crippen LogP contribution >= 0.6 is 12.2 Å². The molecule has 0 bridgehead atoms. The van der Waals surface area contributed by atoms with E-state index in [1.165, 1.54) is 6.42 Å². The van der Waals surface area contributed by atoms with Crippen molar-refractivity contribution in [2.24, 2.45) is 13.0 Å². The van der Waals surface area contributed by atoms with Gasteiger partial charge in [0, 0.05) is 13.1 Å². The fraction of sp³-hybridized carbons (Fsp3) is 0.667. The van der Waals surface area contributed by atoms with Crippen molar-refractivity contribution in [1.29, 1.82) is 0 Å². The number of H-pyrrole nitrogens is 1. The fourth-order valence-corrected chi connectivity index (χ4v) is 2.94. The van der Waals surface area contributed by atoms with Gasteiger partial charge in [-0.3, -0.25) is 9.25 Å². The molecule has 0 aromatic carbocycles. The molecule has 2 aromatic heterocycles. The minimum Gasteiger partial charge on any atom is -0.328 e. The molecule has 17 heavy (non-hydrogen) atoms. The van der Waals surface area contributed by atoms with Gasteiger partial charge >= 0.3 is 0 Å². The molecule has 0 aliphatic heterocycles. The second kappa shape index (κ2) is 3.70. The number of nitrogens with zero attached hydrogens (tertiary/aromatic N) is 3. The summed E-state index contributed by atoms with van der Waals surface area (Å²) in [6.45, 7) is 4.45. The van der Waals surface area contributed by atoms with Crippen LogP contribution in [0.4, 0.5) is 0 Å². The summed E-state index contributed by atoms with van der Waals surface area (Å²) < 4.78 is 5.07. The molecule has 2 heterocycles. The Labute approximate surface area is 106 Å². The number of aromatic nitrogens is 4. The third-order valence-electron chi connectivity index (χ3n) is 3.65. The number of rotatable bonds is 3. The molecule has 0 radical (unpaired) electrons. The van der Waals surface area contributed by atoms with Crippen LogP contribution in [0.15, 0.2) is 0 Å². The first-order valence-electron chi connectivity index (χ1n) is 6.29. The second-order valence-electron chi connectivity index (χ2n) is 5.10. The quantitative estimate of drug-likeness (QED) is 0.851. The number of nitrogens with one attached hydrogen (secondary N) is 1. The summed E-state index contributed by atoms with van der Waals surface area (Å²) in [6.07, 6.45) is 3.35. The van der Waals surface area contributed by atoms with Crippen LogP contribution in [-0.2, 0) is 13.5 Å². The van der Waals surface area contributed by atoms with E-state index in [1.807, 2.05) is 11.7 Å². The maximum atomic E-state index is 5.45. The highest BCUT2D eigenvalue weighted by Crippen LogP contribution is 2.44. The molecule has 5 heteroatoms. The Hall–Kier alpha value is -1.10. The Kier molecular flexibility index (Phi) is 2.40. The van der Waals surface area contributed by atoms with E-state index < -0.39 is 0 Å². The van der Waals surface area contributed by atoms with Crippen molar-refractivity contribution in [2.75, 3.05) is 0 Å². The Morgan fingerprint density at radius 1 is 1.53 bits per heavy atom. The molecular formula is C12H18N4S. The highest BCUT2D eigenvalue weighted by Gasteiger charge is 2.37. The van der Waals surface area contributed by atoms with E-state index in [-0.39, 0.29) is 0 Å². The van der Waals surface area contributed by atoms with Crippen LogP contribution in [0.2, 0.25) is 0 Å². The zero-order chi connectivity index (χ0) is 12.2. The van der Waals surface area contributed by atoms with E-state index in [9.17, 15) is 0 Å². The smallest absolute Gasteiger partial charge is 0.179 e. The molecule has 92 valence electrons. The lowest BCUT2D eigenvalue weighted by Gasteiger charge is -2.02. The van der Waals surface area contributed by atoms with Crippen LogP contribution in [0.1, 0.15) is 38.4 Å². The lowest BCUT2D eigenvalue weighted by molar-refractivity contribution is 0.653. The van der Waals surface area contributed by atoms with Gasteiger partial charge < -0.3 is 4.98 Å². The van der Waals surface area contributed by atoms with E-state index in [1.54, 1.807) is 0 Å². The van der Waals surface area contributed by atoms with Crippen LogP contribution in [0.25, 0.3) is 11.2 Å². The summed E-state index contributed by atoms with van der Waals surface area (Å²) >= 11 is 5.45. The lowest BCUT2D eigenvalue weighted by atomic mass is 10.2. The maximum absolute atomic E-state index is 5.45. The summed E-state index contributed by atoms with van der Waals surface area (Å²) in [5.41, 5.74) is 3.44. The molecule has 2 atom stereocenters. The summed E-state index contributed by atoms with van der Waals surface area (Å²) in [4.78, 5) is 3.34. The van der Waals surface area contributed by atoms with Crippen molar-refractivity contribution in [3.05, 3.63) is 10.5 Å². The average molecular weight is 250 g/mol. The van der Waals surface area contributed by atoms with Gasteiger partial charge in [0.15, 0.2) is 10.4 Å². The van der Waals surface area contributed by atoms with Gasteiger partial charge in [-0.15, -0.1) is 0 Å². The van der Waals surface area contributed by atoms with E-state index >= 15 is 0 Å². The largest absolute Gasteiger partial charge is 0.328 e. The molecule has 1 saturated carbocycles. The molecule has 0 amide bonds. The molecule has 0 spiro atoms. The van der Waals surface area contributed by atoms with E-state index in [0.29, 0.717) is 6.04 Å². The zero-order valence-corrected chi connectivity index (χ0v) is 11.3. The number of hydrogen-bond acceptors (Lipinski definition) is 2. The summed E-state index contributed by atoms with van der Waals surface area (Å²) in [5.74, 6) is 0.741. The zero-order valence-electron chi connectivity index (χ0n) is 10.5. The van der Waals surface area contributed by atoms with E-state index in [0.717, 1.165) is 40.4 Å². The van der Waals surface area contributed by atoms with Crippen molar-refractivity contribution < 1.29 is 0 Å². The minimum atomic E-state index is 0.570.